The number of ether oxygens (including phenoxy) is 1. The molecule has 1 saturated carbocycles. The van der Waals surface area contributed by atoms with Crippen LogP contribution in [0.2, 0.25) is 0 Å². The maximum Gasteiger partial charge on any atom is 0.140 e. The molecule has 0 bridgehead atoms. The average molecular weight is 196 g/mol. The van der Waals surface area contributed by atoms with Gasteiger partial charge in [-0.1, -0.05) is 0 Å². The Morgan fingerprint density at radius 2 is 2.43 bits per heavy atom. The molecule has 1 aromatic rings. The molecule has 1 N–H and O–H groups in total. The third kappa shape index (κ3) is 1.93. The molecule has 1 fully saturated rings. The van der Waals surface area contributed by atoms with Crippen molar-refractivity contribution in [1.82, 2.24) is 20.1 Å². The van der Waals surface area contributed by atoms with Crippen LogP contribution in [0.25, 0.3) is 0 Å². The summed E-state index contributed by atoms with van der Waals surface area (Å²) in [6.45, 7) is 0.789. The summed E-state index contributed by atoms with van der Waals surface area (Å²) in [7, 11) is 3.67. The molecule has 2 rings (SSSR count). The molecule has 0 saturated heterocycles. The molecular formula is C9H16N4O. The first-order valence-electron chi connectivity index (χ1n) is 4.88. The van der Waals surface area contributed by atoms with Crippen LogP contribution in [0, 0.1) is 0 Å². The van der Waals surface area contributed by atoms with E-state index in [1.165, 1.54) is 0 Å². The summed E-state index contributed by atoms with van der Waals surface area (Å²) in [5.74, 6) is 0.978. The first kappa shape index (κ1) is 9.61. The van der Waals surface area contributed by atoms with Crippen LogP contribution in [0.3, 0.4) is 0 Å². The first-order chi connectivity index (χ1) is 6.79. The Bertz CT molecular complexity index is 293. The second-order valence-electron chi connectivity index (χ2n) is 3.71. The molecule has 0 spiro atoms. The van der Waals surface area contributed by atoms with Crippen LogP contribution in [-0.2, 0) is 18.3 Å². The summed E-state index contributed by atoms with van der Waals surface area (Å²) in [4.78, 5) is 4.14. The summed E-state index contributed by atoms with van der Waals surface area (Å²) in [6.07, 6.45) is 4.24. The Balaban J connectivity index is 1.72. The molecule has 0 aliphatic heterocycles. The Morgan fingerprint density at radius 3 is 3.00 bits per heavy atom. The van der Waals surface area contributed by atoms with E-state index in [4.69, 9.17) is 4.74 Å². The molecule has 1 aliphatic carbocycles. The number of nitrogens with zero attached hydrogens (tertiary/aromatic N) is 3. The van der Waals surface area contributed by atoms with E-state index in [1.807, 2.05) is 7.05 Å². The SMILES string of the molecule is COC1CC(NCc2ncnn2C)C1. The Morgan fingerprint density at radius 1 is 1.64 bits per heavy atom. The van der Waals surface area contributed by atoms with Gasteiger partial charge in [0.25, 0.3) is 0 Å². The average Bonchev–Trinajstić information content (AvgIpc) is 2.49. The van der Waals surface area contributed by atoms with Gasteiger partial charge in [-0.3, -0.25) is 4.68 Å². The quantitative estimate of drug-likeness (QED) is 0.741. The van der Waals surface area contributed by atoms with Gasteiger partial charge < -0.3 is 10.1 Å². The van der Waals surface area contributed by atoms with E-state index in [1.54, 1.807) is 18.1 Å². The highest BCUT2D eigenvalue weighted by Gasteiger charge is 2.28. The number of rotatable bonds is 4. The molecule has 0 atom stereocenters. The molecule has 5 nitrogen and oxygen atoms in total. The molecule has 0 unspecified atom stereocenters. The van der Waals surface area contributed by atoms with Crippen molar-refractivity contribution in [1.29, 1.82) is 0 Å². The minimum Gasteiger partial charge on any atom is -0.381 e. The monoisotopic (exact) mass is 196 g/mol. The third-order valence-electron chi connectivity index (χ3n) is 2.78. The number of hydrogen-bond donors (Lipinski definition) is 1. The molecule has 5 heteroatoms. The second kappa shape index (κ2) is 4.06. The van der Waals surface area contributed by atoms with Gasteiger partial charge >= 0.3 is 0 Å². The molecule has 78 valence electrons. The van der Waals surface area contributed by atoms with Crippen molar-refractivity contribution in [2.24, 2.45) is 7.05 Å². The van der Waals surface area contributed by atoms with Crippen LogP contribution >= 0.6 is 0 Å². The summed E-state index contributed by atoms with van der Waals surface area (Å²) in [5.41, 5.74) is 0. The van der Waals surface area contributed by atoms with Crippen molar-refractivity contribution in [3.8, 4) is 0 Å². The van der Waals surface area contributed by atoms with Gasteiger partial charge in [0.15, 0.2) is 0 Å². The Kier molecular flexibility index (Phi) is 2.79. The van der Waals surface area contributed by atoms with Crippen molar-refractivity contribution >= 4 is 0 Å². The topological polar surface area (TPSA) is 52.0 Å². The van der Waals surface area contributed by atoms with Crippen LogP contribution in [-0.4, -0.2) is 34.0 Å². The summed E-state index contributed by atoms with van der Waals surface area (Å²) < 4.78 is 7.00. The zero-order chi connectivity index (χ0) is 9.97. The number of aromatic nitrogens is 3. The predicted molar refractivity (Wildman–Crippen MR) is 51.7 cm³/mol. The lowest BCUT2D eigenvalue weighted by Gasteiger charge is -2.34. The standard InChI is InChI=1S/C9H16N4O/c1-13-9(11-6-12-13)5-10-7-3-8(4-7)14-2/h6-8,10H,3-5H2,1-2H3. The largest absolute Gasteiger partial charge is 0.381 e. The lowest BCUT2D eigenvalue weighted by molar-refractivity contribution is 0.0167. The molecule has 1 heterocycles. The zero-order valence-corrected chi connectivity index (χ0v) is 8.60. The number of methoxy groups -OCH3 is 1. The fraction of sp³-hybridized carbons (Fsp3) is 0.778. The van der Waals surface area contributed by atoms with E-state index in [-0.39, 0.29) is 0 Å². The van der Waals surface area contributed by atoms with Crippen molar-refractivity contribution in [3.63, 3.8) is 0 Å². The van der Waals surface area contributed by atoms with Gasteiger partial charge in [0.2, 0.25) is 0 Å². The van der Waals surface area contributed by atoms with Crippen LogP contribution in [0.15, 0.2) is 6.33 Å². The molecule has 1 aliphatic rings. The molecule has 1 aromatic heterocycles. The molecule has 0 aromatic carbocycles. The minimum absolute atomic E-state index is 0.451. The Hall–Kier alpha value is -0.940. The zero-order valence-electron chi connectivity index (χ0n) is 8.60. The summed E-state index contributed by atoms with van der Waals surface area (Å²) in [6, 6.07) is 0.580. The summed E-state index contributed by atoms with van der Waals surface area (Å²) in [5, 5.41) is 7.43. The second-order valence-corrected chi connectivity index (χ2v) is 3.71. The van der Waals surface area contributed by atoms with Gasteiger partial charge in [-0.05, 0) is 12.8 Å². The summed E-state index contributed by atoms with van der Waals surface area (Å²) >= 11 is 0. The number of hydrogen-bond acceptors (Lipinski definition) is 4. The molecule has 0 amide bonds. The van der Waals surface area contributed by atoms with Gasteiger partial charge in [0.05, 0.1) is 12.6 Å². The lowest BCUT2D eigenvalue weighted by Crippen LogP contribution is -2.44. The van der Waals surface area contributed by atoms with E-state index in [9.17, 15) is 0 Å². The smallest absolute Gasteiger partial charge is 0.140 e. The van der Waals surface area contributed by atoms with Gasteiger partial charge in [0, 0.05) is 20.2 Å². The van der Waals surface area contributed by atoms with Gasteiger partial charge in [0.1, 0.15) is 12.2 Å². The first-order valence-corrected chi connectivity index (χ1v) is 4.88. The van der Waals surface area contributed by atoms with E-state index in [0.29, 0.717) is 12.1 Å². The maximum atomic E-state index is 5.20. The van der Waals surface area contributed by atoms with Gasteiger partial charge in [-0.2, -0.15) is 5.10 Å². The molecular weight excluding hydrogens is 180 g/mol. The normalized spacial score (nSPS) is 26.1. The highest BCUT2D eigenvalue weighted by molar-refractivity contribution is 4.89. The third-order valence-corrected chi connectivity index (χ3v) is 2.78. The van der Waals surface area contributed by atoms with Crippen molar-refractivity contribution in [3.05, 3.63) is 12.2 Å². The van der Waals surface area contributed by atoms with Crippen molar-refractivity contribution < 1.29 is 4.74 Å². The van der Waals surface area contributed by atoms with Crippen molar-refractivity contribution in [2.75, 3.05) is 7.11 Å². The predicted octanol–water partition coefficient (Wildman–Crippen LogP) is 0.0821. The fourth-order valence-corrected chi connectivity index (χ4v) is 1.64. The fourth-order valence-electron chi connectivity index (χ4n) is 1.64. The number of aryl methyl sites for hydroxylation is 1. The van der Waals surface area contributed by atoms with Crippen LogP contribution in [0.1, 0.15) is 18.7 Å². The minimum atomic E-state index is 0.451. The van der Waals surface area contributed by atoms with Crippen molar-refractivity contribution in [2.45, 2.75) is 31.5 Å². The lowest BCUT2D eigenvalue weighted by atomic mass is 9.89. The molecule has 0 radical (unpaired) electrons. The van der Waals surface area contributed by atoms with E-state index < -0.39 is 0 Å². The van der Waals surface area contributed by atoms with E-state index >= 15 is 0 Å². The number of nitrogens with one attached hydrogen (secondary N) is 1. The Labute approximate surface area is 83.5 Å². The van der Waals surface area contributed by atoms with Gasteiger partial charge in [-0.25, -0.2) is 4.98 Å². The molecule has 14 heavy (non-hydrogen) atoms. The van der Waals surface area contributed by atoms with Crippen LogP contribution in [0.5, 0.6) is 0 Å². The highest BCUT2D eigenvalue weighted by atomic mass is 16.5. The van der Waals surface area contributed by atoms with Crippen LogP contribution in [0.4, 0.5) is 0 Å². The van der Waals surface area contributed by atoms with E-state index in [0.717, 1.165) is 25.2 Å². The van der Waals surface area contributed by atoms with E-state index in [2.05, 4.69) is 15.4 Å². The van der Waals surface area contributed by atoms with Crippen LogP contribution < -0.4 is 5.32 Å². The van der Waals surface area contributed by atoms with Gasteiger partial charge in [-0.15, -0.1) is 0 Å². The highest BCUT2D eigenvalue weighted by Crippen LogP contribution is 2.22. The maximum absolute atomic E-state index is 5.20.